The third-order valence-corrected chi connectivity index (χ3v) is 7.02. The van der Waals surface area contributed by atoms with Crippen LogP contribution in [-0.2, 0) is 30.5 Å². The molecule has 1 aromatic carbocycles. The quantitative estimate of drug-likeness (QED) is 0.247. The van der Waals surface area contributed by atoms with E-state index in [1.165, 1.54) is 0 Å². The molecule has 1 aliphatic heterocycles. The summed E-state index contributed by atoms with van der Waals surface area (Å²) in [7, 11) is 0. The van der Waals surface area contributed by atoms with E-state index >= 15 is 0 Å². The molecule has 0 aromatic heterocycles. The number of likely N-dealkylation sites (tertiary alicyclic amines) is 1. The summed E-state index contributed by atoms with van der Waals surface area (Å²) in [5.41, 5.74) is 6.34. The van der Waals surface area contributed by atoms with Gasteiger partial charge in [0.25, 0.3) is 0 Å². The molecule has 1 amide bonds. The molecule has 9 heteroatoms. The number of hydrogen-bond donors (Lipinski definition) is 2. The van der Waals surface area contributed by atoms with Crippen LogP contribution in [0, 0.1) is 17.8 Å². The van der Waals surface area contributed by atoms with Crippen molar-refractivity contribution < 1.29 is 28.3 Å². The van der Waals surface area contributed by atoms with E-state index < -0.39 is 36.3 Å². The zero-order chi connectivity index (χ0) is 28.1. The predicted molar refractivity (Wildman–Crippen MR) is 143 cm³/mol. The van der Waals surface area contributed by atoms with E-state index in [-0.39, 0.29) is 37.1 Å². The molecule has 0 spiro atoms. The first-order valence-electron chi connectivity index (χ1n) is 13.4. The molecule has 2 rings (SSSR count). The maximum absolute atomic E-state index is 13.6. The van der Waals surface area contributed by atoms with Gasteiger partial charge in [0.2, 0.25) is 5.91 Å². The molecule has 0 bridgehead atoms. The minimum absolute atomic E-state index is 0.0802. The third kappa shape index (κ3) is 9.91. The van der Waals surface area contributed by atoms with Gasteiger partial charge in [-0.05, 0) is 43.6 Å². The first-order chi connectivity index (χ1) is 18.1. The van der Waals surface area contributed by atoms with E-state index in [0.717, 1.165) is 18.4 Å². The van der Waals surface area contributed by atoms with Crippen molar-refractivity contribution in [2.75, 3.05) is 19.8 Å². The summed E-state index contributed by atoms with van der Waals surface area (Å²) >= 11 is 0. The number of ketones is 2. The molecular weight excluding hydrogens is 489 g/mol. The van der Waals surface area contributed by atoms with Gasteiger partial charge in [0.1, 0.15) is 13.3 Å². The molecule has 0 radical (unpaired) electrons. The van der Waals surface area contributed by atoms with Crippen LogP contribution in [-0.4, -0.2) is 54.1 Å². The van der Waals surface area contributed by atoms with Gasteiger partial charge in [-0.1, -0.05) is 50.8 Å². The highest BCUT2D eigenvalue weighted by Crippen LogP contribution is 2.27. The Labute approximate surface area is 225 Å². The normalized spacial score (nSPS) is 16.9. The first-order valence-corrected chi connectivity index (χ1v) is 13.4. The van der Waals surface area contributed by atoms with Gasteiger partial charge in [-0.2, -0.15) is 0 Å². The molecule has 210 valence electrons. The van der Waals surface area contributed by atoms with E-state index in [1.807, 2.05) is 44.2 Å². The van der Waals surface area contributed by atoms with Gasteiger partial charge in [0, 0.05) is 25.4 Å². The zero-order valence-corrected chi connectivity index (χ0v) is 22.6. The second-order valence-corrected chi connectivity index (χ2v) is 10.3. The maximum atomic E-state index is 13.6. The smallest absolute Gasteiger partial charge is 0.306 e. The molecule has 38 heavy (non-hydrogen) atoms. The second-order valence-electron chi connectivity index (χ2n) is 10.3. The maximum Gasteiger partial charge on any atom is 0.306 e. The predicted octanol–water partition coefficient (Wildman–Crippen LogP) is 3.69. The highest BCUT2D eigenvalue weighted by Gasteiger charge is 2.38. The van der Waals surface area contributed by atoms with Crippen LogP contribution >= 0.6 is 0 Å². The number of benzene rings is 1. The summed E-state index contributed by atoms with van der Waals surface area (Å²) in [6.07, 6.45) is 2.66. The molecule has 3 N–H and O–H groups in total. The van der Waals surface area contributed by atoms with E-state index in [9.17, 15) is 23.6 Å². The van der Waals surface area contributed by atoms with Gasteiger partial charge in [-0.3, -0.25) is 19.2 Å². The molecule has 0 aliphatic carbocycles. The van der Waals surface area contributed by atoms with Crippen LogP contribution in [0.4, 0.5) is 4.39 Å². The lowest BCUT2D eigenvalue weighted by Gasteiger charge is -2.38. The van der Waals surface area contributed by atoms with Crippen LogP contribution in [0.3, 0.4) is 0 Å². The van der Waals surface area contributed by atoms with Crippen molar-refractivity contribution in [3.05, 3.63) is 48.3 Å². The molecule has 1 fully saturated rings. The number of carbonyl (C=O) groups is 4. The summed E-state index contributed by atoms with van der Waals surface area (Å²) in [6, 6.07) is 8.62. The van der Waals surface area contributed by atoms with E-state index in [2.05, 4.69) is 11.9 Å². The number of alkyl halides is 1. The van der Waals surface area contributed by atoms with E-state index in [1.54, 1.807) is 4.90 Å². The van der Waals surface area contributed by atoms with Gasteiger partial charge in [-0.15, -0.1) is 0 Å². The number of amides is 1. The number of rotatable bonds is 16. The lowest BCUT2D eigenvalue weighted by atomic mass is 9.85. The Morgan fingerprint density at radius 3 is 2.50 bits per heavy atom. The summed E-state index contributed by atoms with van der Waals surface area (Å²) in [5, 5.41) is 2.86. The zero-order valence-electron chi connectivity index (χ0n) is 22.6. The first kappa shape index (κ1) is 31.0. The van der Waals surface area contributed by atoms with Crippen molar-refractivity contribution in [2.24, 2.45) is 23.5 Å². The van der Waals surface area contributed by atoms with Crippen molar-refractivity contribution in [1.82, 2.24) is 10.2 Å². The fourth-order valence-corrected chi connectivity index (χ4v) is 4.79. The number of hydrogen-bond acceptors (Lipinski definition) is 7. The number of nitrogens with two attached hydrogens (primary N) is 1. The highest BCUT2D eigenvalue weighted by molar-refractivity contribution is 5.94. The Morgan fingerprint density at radius 2 is 1.87 bits per heavy atom. The van der Waals surface area contributed by atoms with Crippen LogP contribution < -0.4 is 11.1 Å². The number of piperidine rings is 1. The summed E-state index contributed by atoms with van der Waals surface area (Å²) < 4.78 is 18.6. The standard InChI is InChI=1S/C29H42FN3O5/c1-20(2)24(17-28(36)38-19-22-10-5-4-6-11-22)29(37)33-15-8-7-13-25(33)26(34)16-23(27(35)18-30)12-9-14-32-21(3)31/h4-6,10-11,20,23-25,32H,3,7-9,12-19,31H2,1-2H3/t23-,24+,25+/m1/s1. The second kappa shape index (κ2) is 15.9. The SMILES string of the molecule is C=C(N)NCCC[C@H](CC(=O)[C@@H]1CCCCN1C(=O)[C@@H](CC(=O)OCc1ccccc1)C(C)C)C(=O)CF. The van der Waals surface area contributed by atoms with Crippen molar-refractivity contribution >= 4 is 23.4 Å². The lowest BCUT2D eigenvalue weighted by Crippen LogP contribution is -2.51. The Morgan fingerprint density at radius 1 is 1.16 bits per heavy atom. The van der Waals surface area contributed by atoms with Gasteiger partial charge in [0.15, 0.2) is 11.6 Å². The molecule has 8 nitrogen and oxygen atoms in total. The molecule has 1 heterocycles. The summed E-state index contributed by atoms with van der Waals surface area (Å²) in [5.74, 6) is -2.81. The Kier molecular flexibility index (Phi) is 13.0. The molecule has 1 aliphatic rings. The number of carbonyl (C=O) groups excluding carboxylic acids is 4. The van der Waals surface area contributed by atoms with Crippen LogP contribution in [0.2, 0.25) is 0 Å². The van der Waals surface area contributed by atoms with Crippen molar-refractivity contribution in [3.8, 4) is 0 Å². The van der Waals surface area contributed by atoms with Gasteiger partial charge in [-0.25, -0.2) is 4.39 Å². The minimum atomic E-state index is -1.14. The van der Waals surface area contributed by atoms with Gasteiger partial charge < -0.3 is 20.7 Å². The molecule has 1 saturated heterocycles. The van der Waals surface area contributed by atoms with Crippen LogP contribution in [0.25, 0.3) is 0 Å². The Bertz CT molecular complexity index is 953. The van der Waals surface area contributed by atoms with E-state index in [0.29, 0.717) is 38.2 Å². The third-order valence-electron chi connectivity index (χ3n) is 7.02. The number of nitrogens with zero attached hydrogens (tertiary/aromatic N) is 1. The Hall–Kier alpha value is -3.23. The van der Waals surface area contributed by atoms with Gasteiger partial charge >= 0.3 is 5.97 Å². The van der Waals surface area contributed by atoms with Crippen molar-refractivity contribution in [2.45, 2.75) is 71.4 Å². The molecule has 0 saturated carbocycles. The summed E-state index contributed by atoms with van der Waals surface area (Å²) in [4.78, 5) is 53.4. The van der Waals surface area contributed by atoms with Crippen LogP contribution in [0.15, 0.2) is 42.7 Å². The number of nitrogens with one attached hydrogen (secondary N) is 1. The number of Topliss-reactive ketones (excluding diaryl/α,β-unsaturated/α-hetero) is 2. The Balaban J connectivity index is 2.05. The fourth-order valence-electron chi connectivity index (χ4n) is 4.79. The van der Waals surface area contributed by atoms with Crippen LogP contribution in [0.5, 0.6) is 0 Å². The highest BCUT2D eigenvalue weighted by atomic mass is 19.1. The van der Waals surface area contributed by atoms with Crippen LogP contribution in [0.1, 0.15) is 64.4 Å². The fraction of sp³-hybridized carbons (Fsp3) is 0.586. The average Bonchev–Trinajstić information content (AvgIpc) is 2.91. The van der Waals surface area contributed by atoms with E-state index in [4.69, 9.17) is 10.5 Å². The monoisotopic (exact) mass is 531 g/mol. The number of ether oxygens (including phenoxy) is 1. The average molecular weight is 532 g/mol. The van der Waals surface area contributed by atoms with Crippen molar-refractivity contribution in [3.63, 3.8) is 0 Å². The van der Waals surface area contributed by atoms with Crippen molar-refractivity contribution in [1.29, 1.82) is 0 Å². The largest absolute Gasteiger partial charge is 0.461 e. The minimum Gasteiger partial charge on any atom is -0.461 e. The molecule has 0 unspecified atom stereocenters. The molecule has 3 atom stereocenters. The number of halogens is 1. The summed E-state index contributed by atoms with van der Waals surface area (Å²) in [6.45, 7) is 7.14. The number of esters is 1. The van der Waals surface area contributed by atoms with Gasteiger partial charge in [0.05, 0.1) is 24.2 Å². The molecular formula is C29H42FN3O5. The topological polar surface area (TPSA) is 119 Å². The lowest BCUT2D eigenvalue weighted by molar-refractivity contribution is -0.153. The molecule has 1 aromatic rings.